The molecule has 1 aromatic rings. The number of hydrogen-bond acceptors (Lipinski definition) is 1. The molecule has 1 aliphatic rings. The lowest BCUT2D eigenvalue weighted by molar-refractivity contribution is 0.0942. The molecule has 1 N–H and O–H groups in total. The van der Waals surface area contributed by atoms with E-state index in [1.807, 2.05) is 26.8 Å². The summed E-state index contributed by atoms with van der Waals surface area (Å²) in [7, 11) is 0. The summed E-state index contributed by atoms with van der Waals surface area (Å²) in [5.74, 6) is 0.788. The van der Waals surface area contributed by atoms with Crippen LogP contribution in [0.5, 0.6) is 0 Å². The molecule has 0 heterocycles. The predicted octanol–water partition coefficient (Wildman–Crippen LogP) is 3.01. The summed E-state index contributed by atoms with van der Waals surface area (Å²) in [6.45, 7) is 5.97. The van der Waals surface area contributed by atoms with Crippen LogP contribution >= 0.6 is 0 Å². The zero-order chi connectivity index (χ0) is 11.7. The molecule has 1 saturated carbocycles. The molecule has 2 nitrogen and oxygen atoms in total. The lowest BCUT2D eigenvalue weighted by Gasteiger charge is -2.11. The molecule has 0 bridgehead atoms. The molecular formula is C14H19NO. The molecule has 1 aromatic carbocycles. The Morgan fingerprint density at radius 3 is 2.56 bits per heavy atom. The average Bonchev–Trinajstić information content (AvgIpc) is 2.99. The van der Waals surface area contributed by atoms with E-state index in [1.165, 1.54) is 18.4 Å². The Balaban J connectivity index is 2.18. The van der Waals surface area contributed by atoms with Crippen LogP contribution in [0.1, 0.15) is 54.1 Å². The summed E-state index contributed by atoms with van der Waals surface area (Å²) in [5, 5.41) is 2.93. The number of aryl methyl sites for hydroxylation is 1. The van der Waals surface area contributed by atoms with E-state index in [9.17, 15) is 4.79 Å². The first-order chi connectivity index (χ1) is 7.58. The Hall–Kier alpha value is -1.31. The molecule has 1 fully saturated rings. The van der Waals surface area contributed by atoms with Gasteiger partial charge in [0.05, 0.1) is 0 Å². The first kappa shape index (κ1) is 11.2. The van der Waals surface area contributed by atoms with E-state index in [0.29, 0.717) is 0 Å². The van der Waals surface area contributed by atoms with Crippen molar-refractivity contribution in [2.45, 2.75) is 45.6 Å². The van der Waals surface area contributed by atoms with E-state index in [-0.39, 0.29) is 11.9 Å². The number of rotatable bonds is 3. The smallest absolute Gasteiger partial charge is 0.251 e. The van der Waals surface area contributed by atoms with E-state index < -0.39 is 0 Å². The molecule has 86 valence electrons. The molecular weight excluding hydrogens is 198 g/mol. The van der Waals surface area contributed by atoms with Gasteiger partial charge < -0.3 is 5.32 Å². The third kappa shape index (κ3) is 2.43. The molecule has 1 amide bonds. The van der Waals surface area contributed by atoms with Gasteiger partial charge in [-0.1, -0.05) is 12.1 Å². The lowest BCUT2D eigenvalue weighted by Crippen LogP contribution is -2.30. The van der Waals surface area contributed by atoms with Crippen LogP contribution in [-0.2, 0) is 0 Å². The van der Waals surface area contributed by atoms with Crippen LogP contribution in [0.4, 0.5) is 0 Å². The molecule has 0 unspecified atom stereocenters. The van der Waals surface area contributed by atoms with Crippen LogP contribution in [0.2, 0.25) is 0 Å². The van der Waals surface area contributed by atoms with Gasteiger partial charge >= 0.3 is 0 Å². The number of hydrogen-bond donors (Lipinski definition) is 1. The van der Waals surface area contributed by atoms with Gasteiger partial charge in [-0.25, -0.2) is 0 Å². The fourth-order valence-electron chi connectivity index (χ4n) is 1.95. The summed E-state index contributed by atoms with van der Waals surface area (Å²) < 4.78 is 0. The minimum absolute atomic E-state index is 0.0369. The fourth-order valence-corrected chi connectivity index (χ4v) is 1.95. The highest BCUT2D eigenvalue weighted by molar-refractivity contribution is 5.95. The second kappa shape index (κ2) is 4.28. The minimum atomic E-state index is 0.0369. The molecule has 1 aliphatic carbocycles. The van der Waals surface area contributed by atoms with Crippen LogP contribution in [0.3, 0.4) is 0 Å². The van der Waals surface area contributed by atoms with Gasteiger partial charge in [0.1, 0.15) is 0 Å². The van der Waals surface area contributed by atoms with Crippen LogP contribution in [-0.4, -0.2) is 11.9 Å². The van der Waals surface area contributed by atoms with E-state index in [2.05, 4.69) is 17.4 Å². The maximum atomic E-state index is 11.9. The van der Waals surface area contributed by atoms with Gasteiger partial charge in [0.15, 0.2) is 0 Å². The number of carbonyl (C=O) groups excluding carboxylic acids is 1. The van der Waals surface area contributed by atoms with Crippen molar-refractivity contribution in [1.82, 2.24) is 5.32 Å². The van der Waals surface area contributed by atoms with Crippen LogP contribution < -0.4 is 5.32 Å². The minimum Gasteiger partial charge on any atom is -0.350 e. The van der Waals surface area contributed by atoms with Gasteiger partial charge in [-0.2, -0.15) is 0 Å². The van der Waals surface area contributed by atoms with Crippen molar-refractivity contribution in [3.8, 4) is 0 Å². The van der Waals surface area contributed by atoms with Crippen molar-refractivity contribution >= 4 is 5.91 Å². The normalized spacial score (nSPS) is 15.2. The second-order valence-electron chi connectivity index (χ2n) is 4.98. The average molecular weight is 217 g/mol. The molecule has 2 heteroatoms. The molecule has 16 heavy (non-hydrogen) atoms. The topological polar surface area (TPSA) is 29.1 Å². The highest BCUT2D eigenvalue weighted by atomic mass is 16.1. The third-order valence-electron chi connectivity index (χ3n) is 2.96. The molecule has 0 saturated heterocycles. The van der Waals surface area contributed by atoms with Crippen molar-refractivity contribution in [2.75, 3.05) is 0 Å². The van der Waals surface area contributed by atoms with E-state index in [1.54, 1.807) is 0 Å². The number of nitrogens with one attached hydrogen (secondary N) is 1. The van der Waals surface area contributed by atoms with Crippen molar-refractivity contribution in [2.24, 2.45) is 0 Å². The van der Waals surface area contributed by atoms with Gasteiger partial charge in [-0.05, 0) is 56.7 Å². The zero-order valence-electron chi connectivity index (χ0n) is 10.2. The maximum absolute atomic E-state index is 11.9. The van der Waals surface area contributed by atoms with Gasteiger partial charge in [0, 0.05) is 11.6 Å². The van der Waals surface area contributed by atoms with Crippen molar-refractivity contribution in [1.29, 1.82) is 0 Å². The number of benzene rings is 1. The van der Waals surface area contributed by atoms with E-state index in [0.717, 1.165) is 17.0 Å². The fraction of sp³-hybridized carbons (Fsp3) is 0.500. The summed E-state index contributed by atoms with van der Waals surface area (Å²) in [6, 6.07) is 6.41. The zero-order valence-corrected chi connectivity index (χ0v) is 10.2. The van der Waals surface area contributed by atoms with Crippen molar-refractivity contribution in [3.05, 3.63) is 34.9 Å². The highest BCUT2D eigenvalue weighted by Crippen LogP contribution is 2.40. The monoisotopic (exact) mass is 217 g/mol. The van der Waals surface area contributed by atoms with Crippen molar-refractivity contribution in [3.63, 3.8) is 0 Å². The van der Waals surface area contributed by atoms with Crippen LogP contribution in [0.25, 0.3) is 0 Å². The third-order valence-corrected chi connectivity index (χ3v) is 2.96. The summed E-state index contributed by atoms with van der Waals surface area (Å²) in [5.41, 5.74) is 3.28. The molecule has 2 rings (SSSR count). The quantitative estimate of drug-likeness (QED) is 0.828. The van der Waals surface area contributed by atoms with Crippen LogP contribution in [0.15, 0.2) is 18.2 Å². The standard InChI is InChI=1S/C14H19NO/c1-9(2)15-14(16)13-7-6-12(8-10(13)3)11-4-5-11/h6-9,11H,4-5H2,1-3H3,(H,15,16). The number of amides is 1. The van der Waals surface area contributed by atoms with Gasteiger partial charge in [-0.15, -0.1) is 0 Å². The first-order valence-corrected chi connectivity index (χ1v) is 5.99. The summed E-state index contributed by atoms with van der Waals surface area (Å²) in [4.78, 5) is 11.9. The van der Waals surface area contributed by atoms with Crippen LogP contribution in [0, 0.1) is 6.92 Å². The number of carbonyl (C=O) groups is 1. The molecule has 0 atom stereocenters. The molecule has 0 radical (unpaired) electrons. The largest absolute Gasteiger partial charge is 0.350 e. The summed E-state index contributed by atoms with van der Waals surface area (Å²) in [6.07, 6.45) is 2.61. The molecule has 0 aromatic heterocycles. The Morgan fingerprint density at radius 2 is 2.06 bits per heavy atom. The Bertz CT molecular complexity index is 405. The SMILES string of the molecule is Cc1cc(C2CC2)ccc1C(=O)NC(C)C. The Labute approximate surface area is 97.1 Å². The maximum Gasteiger partial charge on any atom is 0.251 e. The molecule has 0 aliphatic heterocycles. The Kier molecular flexibility index (Phi) is 2.99. The van der Waals surface area contributed by atoms with Gasteiger partial charge in [0.2, 0.25) is 0 Å². The second-order valence-corrected chi connectivity index (χ2v) is 4.98. The summed E-state index contributed by atoms with van der Waals surface area (Å²) >= 11 is 0. The molecule has 0 spiro atoms. The first-order valence-electron chi connectivity index (χ1n) is 5.99. The van der Waals surface area contributed by atoms with Crippen molar-refractivity contribution < 1.29 is 4.79 Å². The highest BCUT2D eigenvalue weighted by Gasteiger charge is 2.24. The van der Waals surface area contributed by atoms with Gasteiger partial charge in [0.25, 0.3) is 5.91 Å². The Morgan fingerprint density at radius 1 is 1.38 bits per heavy atom. The lowest BCUT2D eigenvalue weighted by atomic mass is 10.0. The van der Waals surface area contributed by atoms with E-state index >= 15 is 0 Å². The van der Waals surface area contributed by atoms with Gasteiger partial charge in [-0.3, -0.25) is 4.79 Å². The predicted molar refractivity (Wildman–Crippen MR) is 65.8 cm³/mol. The van der Waals surface area contributed by atoms with E-state index in [4.69, 9.17) is 0 Å².